The van der Waals surface area contributed by atoms with Gasteiger partial charge in [0.25, 0.3) is 5.89 Å². The van der Waals surface area contributed by atoms with E-state index in [1.165, 1.54) is 7.11 Å². The molecule has 0 unspecified atom stereocenters. The van der Waals surface area contributed by atoms with Crippen LogP contribution in [0.15, 0.2) is 52.9 Å². The zero-order chi connectivity index (χ0) is 16.9. The average molecular weight is 345 g/mol. The van der Waals surface area contributed by atoms with Crippen molar-refractivity contribution in [2.24, 2.45) is 0 Å². The molecular formula is C17H13ClN2O4. The normalized spacial score (nSPS) is 10.4. The molecule has 0 atom stereocenters. The topological polar surface area (TPSA) is 74.5 Å². The van der Waals surface area contributed by atoms with Gasteiger partial charge in [0.1, 0.15) is 5.75 Å². The van der Waals surface area contributed by atoms with E-state index in [1.807, 2.05) is 0 Å². The van der Waals surface area contributed by atoms with Gasteiger partial charge in [-0.2, -0.15) is 0 Å². The molecule has 1 heterocycles. The molecule has 0 N–H and O–H groups in total. The Morgan fingerprint density at radius 2 is 1.96 bits per heavy atom. The minimum Gasteiger partial charge on any atom is -0.484 e. The number of aromatic nitrogens is 2. The summed E-state index contributed by atoms with van der Waals surface area (Å²) in [5, 5.41) is 8.54. The summed E-state index contributed by atoms with van der Waals surface area (Å²) in [6.45, 7) is 0.0885. The lowest BCUT2D eigenvalue weighted by Gasteiger charge is -2.05. The van der Waals surface area contributed by atoms with Crippen molar-refractivity contribution < 1.29 is 18.7 Å². The standard InChI is InChI=1S/C17H13ClN2O4/c1-22-17(21)12-3-2-4-14(9-12)23-10-15-19-20-16(24-15)11-5-7-13(18)8-6-11/h2-9H,10H2,1H3. The predicted octanol–water partition coefficient (Wildman–Crippen LogP) is 3.76. The molecule has 0 bridgehead atoms. The lowest BCUT2D eigenvalue weighted by molar-refractivity contribution is 0.0600. The minimum absolute atomic E-state index is 0.0885. The number of halogens is 1. The van der Waals surface area contributed by atoms with Gasteiger partial charge in [-0.3, -0.25) is 0 Å². The van der Waals surface area contributed by atoms with Crippen LogP contribution in [0.1, 0.15) is 16.2 Å². The van der Waals surface area contributed by atoms with E-state index in [0.717, 1.165) is 5.56 Å². The third kappa shape index (κ3) is 3.72. The van der Waals surface area contributed by atoms with Gasteiger partial charge in [0.05, 0.1) is 12.7 Å². The molecule has 0 saturated heterocycles. The van der Waals surface area contributed by atoms with E-state index in [-0.39, 0.29) is 6.61 Å². The maximum absolute atomic E-state index is 11.5. The van der Waals surface area contributed by atoms with Crippen LogP contribution in [0.4, 0.5) is 0 Å². The van der Waals surface area contributed by atoms with Crippen LogP contribution in [0, 0.1) is 0 Å². The van der Waals surface area contributed by atoms with E-state index in [4.69, 9.17) is 20.8 Å². The maximum atomic E-state index is 11.5. The first-order valence-corrected chi connectivity index (χ1v) is 7.43. The van der Waals surface area contributed by atoms with Gasteiger partial charge in [0, 0.05) is 10.6 Å². The summed E-state index contributed by atoms with van der Waals surface area (Å²) in [7, 11) is 1.33. The Hall–Kier alpha value is -2.86. The van der Waals surface area contributed by atoms with Gasteiger partial charge in [0.15, 0.2) is 6.61 Å². The molecule has 0 saturated carbocycles. The summed E-state index contributed by atoms with van der Waals surface area (Å²) in [4.78, 5) is 11.5. The SMILES string of the molecule is COC(=O)c1cccc(OCc2nnc(-c3ccc(Cl)cc3)o2)c1. The molecule has 122 valence electrons. The Balaban J connectivity index is 1.67. The molecule has 6 nitrogen and oxygen atoms in total. The first kappa shape index (κ1) is 16.0. The smallest absolute Gasteiger partial charge is 0.337 e. The number of hydrogen-bond acceptors (Lipinski definition) is 6. The monoisotopic (exact) mass is 344 g/mol. The van der Waals surface area contributed by atoms with Gasteiger partial charge in [-0.05, 0) is 42.5 Å². The second-order valence-electron chi connectivity index (χ2n) is 4.82. The molecule has 0 radical (unpaired) electrons. The third-order valence-electron chi connectivity index (χ3n) is 3.18. The Morgan fingerprint density at radius 1 is 1.17 bits per heavy atom. The van der Waals surface area contributed by atoms with Crippen LogP contribution in [0.2, 0.25) is 5.02 Å². The number of hydrogen-bond donors (Lipinski definition) is 0. The molecule has 3 aromatic rings. The van der Waals surface area contributed by atoms with Crippen LogP contribution in [-0.2, 0) is 11.3 Å². The van der Waals surface area contributed by atoms with Crippen LogP contribution < -0.4 is 4.74 Å². The predicted molar refractivity (Wildman–Crippen MR) is 86.9 cm³/mol. The molecule has 3 rings (SSSR count). The molecule has 0 spiro atoms. The van der Waals surface area contributed by atoms with Gasteiger partial charge < -0.3 is 13.9 Å². The number of ether oxygens (including phenoxy) is 2. The molecule has 0 aliphatic rings. The Bertz CT molecular complexity index is 846. The number of methoxy groups -OCH3 is 1. The van der Waals surface area contributed by atoms with Crippen LogP contribution >= 0.6 is 11.6 Å². The van der Waals surface area contributed by atoms with E-state index in [2.05, 4.69) is 14.9 Å². The molecular weight excluding hydrogens is 332 g/mol. The molecule has 1 aromatic heterocycles. The number of nitrogens with zero attached hydrogens (tertiary/aromatic N) is 2. The summed E-state index contributed by atoms with van der Waals surface area (Å²) >= 11 is 5.85. The van der Waals surface area contributed by atoms with Gasteiger partial charge in [-0.25, -0.2) is 4.79 Å². The highest BCUT2D eigenvalue weighted by Gasteiger charge is 2.10. The fraction of sp³-hybridized carbons (Fsp3) is 0.118. The Morgan fingerprint density at radius 3 is 2.71 bits per heavy atom. The molecule has 0 fully saturated rings. The zero-order valence-corrected chi connectivity index (χ0v) is 13.5. The van der Waals surface area contributed by atoms with Gasteiger partial charge in [-0.1, -0.05) is 17.7 Å². The Labute approximate surface area is 143 Å². The first-order chi connectivity index (χ1) is 11.7. The lowest BCUT2D eigenvalue weighted by atomic mass is 10.2. The third-order valence-corrected chi connectivity index (χ3v) is 3.43. The van der Waals surface area contributed by atoms with E-state index in [1.54, 1.807) is 48.5 Å². The van der Waals surface area contributed by atoms with Crippen LogP contribution in [0.25, 0.3) is 11.5 Å². The number of esters is 1. The van der Waals surface area contributed by atoms with E-state index in [0.29, 0.717) is 28.1 Å². The highest BCUT2D eigenvalue weighted by atomic mass is 35.5. The van der Waals surface area contributed by atoms with Crippen LogP contribution in [0.5, 0.6) is 5.75 Å². The lowest BCUT2D eigenvalue weighted by Crippen LogP contribution is -2.02. The van der Waals surface area contributed by atoms with Crippen molar-refractivity contribution in [3.05, 3.63) is 65.0 Å². The quantitative estimate of drug-likeness (QED) is 0.656. The second-order valence-corrected chi connectivity index (χ2v) is 5.25. The van der Waals surface area contributed by atoms with Crippen molar-refractivity contribution in [3.63, 3.8) is 0 Å². The number of carbonyl (C=O) groups is 1. The summed E-state index contributed by atoms with van der Waals surface area (Å²) in [6.07, 6.45) is 0. The number of benzene rings is 2. The van der Waals surface area contributed by atoms with Crippen LogP contribution in [0.3, 0.4) is 0 Å². The summed E-state index contributed by atoms with van der Waals surface area (Å²) in [5.74, 6) is 0.782. The largest absolute Gasteiger partial charge is 0.484 e. The second kappa shape index (κ2) is 7.14. The van der Waals surface area contributed by atoms with Crippen molar-refractivity contribution in [3.8, 4) is 17.2 Å². The Kier molecular flexibility index (Phi) is 4.77. The van der Waals surface area contributed by atoms with Gasteiger partial charge >= 0.3 is 5.97 Å². The fourth-order valence-corrected chi connectivity index (χ4v) is 2.12. The molecule has 24 heavy (non-hydrogen) atoms. The zero-order valence-electron chi connectivity index (χ0n) is 12.7. The van der Waals surface area contributed by atoms with Crippen molar-refractivity contribution >= 4 is 17.6 Å². The summed E-state index contributed by atoms with van der Waals surface area (Å²) < 4.78 is 15.8. The molecule has 0 aliphatic heterocycles. The van der Waals surface area contributed by atoms with Gasteiger partial charge in [0.2, 0.25) is 5.89 Å². The summed E-state index contributed by atoms with van der Waals surface area (Å²) in [5.41, 5.74) is 1.17. The van der Waals surface area contributed by atoms with E-state index >= 15 is 0 Å². The van der Waals surface area contributed by atoms with Crippen molar-refractivity contribution in [2.45, 2.75) is 6.61 Å². The maximum Gasteiger partial charge on any atom is 0.337 e. The van der Waals surface area contributed by atoms with Crippen molar-refractivity contribution in [1.82, 2.24) is 10.2 Å². The highest BCUT2D eigenvalue weighted by molar-refractivity contribution is 6.30. The first-order valence-electron chi connectivity index (χ1n) is 7.05. The van der Waals surface area contributed by atoms with Crippen molar-refractivity contribution in [1.29, 1.82) is 0 Å². The van der Waals surface area contributed by atoms with E-state index in [9.17, 15) is 4.79 Å². The summed E-state index contributed by atoms with van der Waals surface area (Å²) in [6, 6.07) is 13.7. The highest BCUT2D eigenvalue weighted by Crippen LogP contribution is 2.21. The molecule has 7 heteroatoms. The number of carbonyl (C=O) groups excluding carboxylic acids is 1. The average Bonchev–Trinajstić information content (AvgIpc) is 3.09. The fourth-order valence-electron chi connectivity index (χ4n) is 2.00. The minimum atomic E-state index is -0.428. The van der Waals surface area contributed by atoms with Crippen molar-refractivity contribution in [2.75, 3.05) is 7.11 Å². The molecule has 0 aliphatic carbocycles. The molecule has 0 amide bonds. The van der Waals surface area contributed by atoms with Crippen LogP contribution in [-0.4, -0.2) is 23.3 Å². The van der Waals surface area contributed by atoms with Gasteiger partial charge in [-0.15, -0.1) is 10.2 Å². The number of rotatable bonds is 5. The molecule has 2 aromatic carbocycles. The van der Waals surface area contributed by atoms with E-state index < -0.39 is 5.97 Å².